The maximum Gasteiger partial charge on any atom is 0.248 e. The maximum absolute atomic E-state index is 12.5. The first kappa shape index (κ1) is 26.2. The highest BCUT2D eigenvalue weighted by Gasteiger charge is 2.13. The minimum atomic E-state index is -0.297. The summed E-state index contributed by atoms with van der Waals surface area (Å²) in [5, 5.41) is 2.83. The van der Waals surface area contributed by atoms with Gasteiger partial charge in [-0.1, -0.05) is 0 Å². The minimum absolute atomic E-state index is 0.297. The number of anilines is 1. The van der Waals surface area contributed by atoms with Crippen molar-refractivity contribution in [2.75, 3.05) is 26.6 Å². The molecule has 4 rings (SSSR count). The van der Waals surface area contributed by atoms with Crippen molar-refractivity contribution in [1.29, 1.82) is 0 Å². The lowest BCUT2D eigenvalue weighted by Crippen LogP contribution is -2.07. The summed E-state index contributed by atoms with van der Waals surface area (Å²) in [6.07, 6.45) is 4.82. The molecule has 0 unspecified atom stereocenters. The van der Waals surface area contributed by atoms with Crippen molar-refractivity contribution in [3.8, 4) is 34.7 Å². The van der Waals surface area contributed by atoms with E-state index in [0.29, 0.717) is 46.2 Å². The van der Waals surface area contributed by atoms with Crippen LogP contribution in [0.25, 0.3) is 11.9 Å². The number of carbonyl (C=O) groups is 1. The summed E-state index contributed by atoms with van der Waals surface area (Å²) in [6, 6.07) is 12.3. The maximum atomic E-state index is 12.5. The average Bonchev–Trinajstić information content (AvgIpc) is 3.25. The van der Waals surface area contributed by atoms with Crippen molar-refractivity contribution < 1.29 is 23.7 Å². The first-order valence-electron chi connectivity index (χ1n) is 11.7. The largest absolute Gasteiger partial charge is 0.493 e. The molecule has 0 spiro atoms. The number of carbonyl (C=O) groups excluding carboxylic acids is 1. The monoisotopic (exact) mass is 515 g/mol. The molecule has 0 aliphatic rings. The van der Waals surface area contributed by atoms with Gasteiger partial charge in [0.2, 0.25) is 17.5 Å². The first-order chi connectivity index (χ1) is 18.3. The number of nitrogens with zero attached hydrogens (tertiary/aromatic N) is 4. The van der Waals surface area contributed by atoms with E-state index < -0.39 is 0 Å². The molecule has 0 atom stereocenters. The number of imidazole rings is 1. The highest BCUT2D eigenvalue weighted by molar-refractivity contribution is 6.02. The third kappa shape index (κ3) is 5.92. The van der Waals surface area contributed by atoms with E-state index in [4.69, 9.17) is 18.9 Å². The average molecular weight is 516 g/mol. The predicted octanol–water partition coefficient (Wildman–Crippen LogP) is 5.06. The van der Waals surface area contributed by atoms with Crippen LogP contribution in [0.1, 0.15) is 22.8 Å². The number of ether oxygens (including phenoxy) is 4. The van der Waals surface area contributed by atoms with Gasteiger partial charge < -0.3 is 24.3 Å². The van der Waals surface area contributed by atoms with E-state index in [1.165, 1.54) is 27.4 Å². The molecule has 0 radical (unpaired) electrons. The van der Waals surface area contributed by atoms with E-state index in [1.807, 2.05) is 18.4 Å². The molecule has 2 aromatic carbocycles. The van der Waals surface area contributed by atoms with Gasteiger partial charge in [-0.25, -0.2) is 9.97 Å². The van der Waals surface area contributed by atoms with Crippen molar-refractivity contribution in [2.45, 2.75) is 20.8 Å². The first-order valence-corrected chi connectivity index (χ1v) is 11.7. The van der Waals surface area contributed by atoms with Gasteiger partial charge in [-0.15, -0.1) is 0 Å². The summed E-state index contributed by atoms with van der Waals surface area (Å²) >= 11 is 0. The Bertz CT molecular complexity index is 1450. The number of methoxy groups -OCH3 is 3. The molecule has 10 heteroatoms. The van der Waals surface area contributed by atoms with Crippen LogP contribution >= 0.6 is 0 Å². The lowest BCUT2D eigenvalue weighted by molar-refractivity contribution is -0.111. The summed E-state index contributed by atoms with van der Waals surface area (Å²) < 4.78 is 23.9. The lowest BCUT2D eigenvalue weighted by Gasteiger charge is -2.12. The van der Waals surface area contributed by atoms with Gasteiger partial charge in [0.25, 0.3) is 0 Å². The fraction of sp³-hybridized carbons (Fsp3) is 0.214. The summed E-state index contributed by atoms with van der Waals surface area (Å²) in [5.74, 6) is 3.42. The molecule has 10 nitrogen and oxygen atoms in total. The summed E-state index contributed by atoms with van der Waals surface area (Å²) in [6.45, 7) is 5.73. The molecule has 0 aliphatic heterocycles. The minimum Gasteiger partial charge on any atom is -0.493 e. The number of aryl methyl sites for hydroxylation is 2. The van der Waals surface area contributed by atoms with E-state index in [2.05, 4.69) is 20.3 Å². The Balaban J connectivity index is 1.42. The summed E-state index contributed by atoms with van der Waals surface area (Å²) in [4.78, 5) is 25.7. The molecule has 38 heavy (non-hydrogen) atoms. The molecule has 0 saturated heterocycles. The number of aromatic nitrogens is 4. The van der Waals surface area contributed by atoms with Crippen molar-refractivity contribution in [2.24, 2.45) is 0 Å². The molecule has 1 N–H and O–H groups in total. The van der Waals surface area contributed by atoms with Crippen molar-refractivity contribution in [1.82, 2.24) is 19.5 Å². The fourth-order valence-corrected chi connectivity index (χ4v) is 3.71. The van der Waals surface area contributed by atoms with Crippen LogP contribution in [-0.2, 0) is 4.79 Å². The van der Waals surface area contributed by atoms with E-state index >= 15 is 0 Å². The van der Waals surface area contributed by atoms with E-state index in [-0.39, 0.29) is 5.91 Å². The second kappa shape index (κ2) is 11.5. The third-order valence-corrected chi connectivity index (χ3v) is 5.76. The van der Waals surface area contributed by atoms with Crippen LogP contribution in [0, 0.1) is 20.8 Å². The number of rotatable bonds is 9. The lowest BCUT2D eigenvalue weighted by atomic mass is 10.1. The second-order valence-corrected chi connectivity index (χ2v) is 8.30. The molecule has 0 fully saturated rings. The van der Waals surface area contributed by atoms with Crippen LogP contribution < -0.4 is 24.3 Å². The van der Waals surface area contributed by atoms with Crippen LogP contribution in [-0.4, -0.2) is 46.8 Å². The van der Waals surface area contributed by atoms with Crippen LogP contribution in [0.5, 0.6) is 28.9 Å². The van der Waals surface area contributed by atoms with Crippen molar-refractivity contribution in [3.63, 3.8) is 0 Å². The Morgan fingerprint density at radius 2 is 1.61 bits per heavy atom. The Labute approximate surface area is 220 Å². The Kier molecular flexibility index (Phi) is 7.91. The molecule has 0 bridgehead atoms. The Hall–Kier alpha value is -4.86. The topological polar surface area (TPSA) is 110 Å². The molecule has 196 valence electrons. The molecular weight excluding hydrogens is 486 g/mol. The smallest absolute Gasteiger partial charge is 0.248 e. The van der Waals surface area contributed by atoms with Gasteiger partial charge in [-0.2, -0.15) is 4.98 Å². The van der Waals surface area contributed by atoms with E-state index in [0.717, 1.165) is 17.0 Å². The van der Waals surface area contributed by atoms with Crippen molar-refractivity contribution in [3.05, 3.63) is 77.6 Å². The molecule has 4 aromatic rings. The van der Waals surface area contributed by atoms with Crippen LogP contribution in [0.15, 0.2) is 54.9 Å². The molecule has 0 saturated carbocycles. The molecule has 1 amide bonds. The van der Waals surface area contributed by atoms with E-state index in [9.17, 15) is 4.79 Å². The van der Waals surface area contributed by atoms with Gasteiger partial charge in [-0.05, 0) is 68.8 Å². The molecule has 2 heterocycles. The van der Waals surface area contributed by atoms with Crippen molar-refractivity contribution >= 4 is 17.7 Å². The number of hydrogen-bond acceptors (Lipinski definition) is 8. The standard InChI is InChI=1S/C28H29N5O5/c1-17-18(2)33(16-29-17)25-15-27(31-19(3)30-25)38-22-10-8-21(9-11-22)32-26(34)12-7-20-13-23(35-4)28(37-6)24(14-20)36-5/h7-16H,1-6H3,(H,32,34)/b12-7+. The summed E-state index contributed by atoms with van der Waals surface area (Å²) in [7, 11) is 4.61. The number of benzene rings is 2. The normalized spacial score (nSPS) is 10.9. The number of amides is 1. The highest BCUT2D eigenvalue weighted by Crippen LogP contribution is 2.38. The zero-order chi connectivity index (χ0) is 27.2. The Morgan fingerprint density at radius 1 is 0.921 bits per heavy atom. The van der Waals surface area contributed by atoms with Gasteiger partial charge in [0, 0.05) is 23.5 Å². The Morgan fingerprint density at radius 3 is 2.18 bits per heavy atom. The van der Waals surface area contributed by atoms with Crippen LogP contribution in [0.4, 0.5) is 5.69 Å². The zero-order valence-corrected chi connectivity index (χ0v) is 22.1. The van der Waals surface area contributed by atoms with Gasteiger partial charge in [0.1, 0.15) is 23.7 Å². The van der Waals surface area contributed by atoms with Gasteiger partial charge in [-0.3, -0.25) is 9.36 Å². The quantitative estimate of drug-likeness (QED) is 0.308. The van der Waals surface area contributed by atoms with E-state index in [1.54, 1.807) is 61.8 Å². The number of nitrogens with one attached hydrogen (secondary N) is 1. The molecular formula is C28H29N5O5. The van der Waals surface area contributed by atoms with Gasteiger partial charge >= 0.3 is 0 Å². The SMILES string of the molecule is COc1cc(/C=C/C(=O)Nc2ccc(Oc3cc(-n4cnc(C)c4C)nc(C)n3)cc2)cc(OC)c1OC. The van der Waals surface area contributed by atoms with Gasteiger partial charge in [0.15, 0.2) is 11.5 Å². The zero-order valence-electron chi connectivity index (χ0n) is 22.1. The van der Waals surface area contributed by atoms with Crippen LogP contribution in [0.3, 0.4) is 0 Å². The summed E-state index contributed by atoms with van der Waals surface area (Å²) in [5.41, 5.74) is 3.26. The van der Waals surface area contributed by atoms with Crippen LogP contribution in [0.2, 0.25) is 0 Å². The third-order valence-electron chi connectivity index (χ3n) is 5.76. The fourth-order valence-electron chi connectivity index (χ4n) is 3.71. The number of hydrogen-bond donors (Lipinski definition) is 1. The second-order valence-electron chi connectivity index (χ2n) is 8.30. The molecule has 2 aromatic heterocycles. The highest BCUT2D eigenvalue weighted by atomic mass is 16.5. The molecule has 0 aliphatic carbocycles. The predicted molar refractivity (Wildman–Crippen MR) is 144 cm³/mol. The van der Waals surface area contributed by atoms with Gasteiger partial charge in [0.05, 0.1) is 27.0 Å².